The lowest BCUT2D eigenvalue weighted by Crippen LogP contribution is -3.18. The number of hydrogen-bond acceptors (Lipinski definition) is 4. The second kappa shape index (κ2) is 6.55. The van der Waals surface area contributed by atoms with E-state index in [0.29, 0.717) is 18.1 Å². The van der Waals surface area contributed by atoms with E-state index in [9.17, 15) is 8.42 Å². The topological polar surface area (TPSA) is 67.0 Å². The van der Waals surface area contributed by atoms with E-state index < -0.39 is 9.84 Å². The Hall–Kier alpha value is -1.12. The van der Waals surface area contributed by atoms with Gasteiger partial charge in [0, 0.05) is 6.42 Å². The molecule has 2 saturated heterocycles. The number of rotatable bonds is 3. The summed E-state index contributed by atoms with van der Waals surface area (Å²) in [5.74, 6) is 1.57. The van der Waals surface area contributed by atoms with Crippen LogP contribution in [0.25, 0.3) is 0 Å². The second-order valence-electron chi connectivity index (χ2n) is 5.98. The molecule has 0 amide bonds. The van der Waals surface area contributed by atoms with E-state index in [1.54, 1.807) is 6.26 Å². The largest absolute Gasteiger partial charge is 0.467 e. The van der Waals surface area contributed by atoms with E-state index in [1.165, 1.54) is 4.90 Å². The highest BCUT2D eigenvalue weighted by Gasteiger charge is 2.37. The Morgan fingerprint density at radius 3 is 2.82 bits per heavy atom. The molecule has 6 nitrogen and oxygen atoms in total. The maximum Gasteiger partial charge on any atom is 0.169 e. The van der Waals surface area contributed by atoms with Crippen LogP contribution in [0.4, 0.5) is 0 Å². The minimum atomic E-state index is -2.79. The summed E-state index contributed by atoms with van der Waals surface area (Å²) in [5.41, 5.74) is 0. The SMILES string of the molecule is O=S1(=O)CC[C@H]([NH+]2CCN(C(=S)NCc3ccco3)CC2)C1. The average Bonchev–Trinajstić information content (AvgIpc) is 3.14. The first-order valence-corrected chi connectivity index (χ1v) is 9.87. The molecule has 2 aliphatic heterocycles. The summed E-state index contributed by atoms with van der Waals surface area (Å²) in [6.45, 7) is 4.23. The Morgan fingerprint density at radius 1 is 1.45 bits per heavy atom. The lowest BCUT2D eigenvalue weighted by Gasteiger charge is -2.36. The van der Waals surface area contributed by atoms with Crippen LogP contribution in [0.3, 0.4) is 0 Å². The molecule has 1 aromatic heterocycles. The van der Waals surface area contributed by atoms with Gasteiger partial charge in [0.15, 0.2) is 14.9 Å². The molecule has 1 atom stereocenters. The molecule has 22 heavy (non-hydrogen) atoms. The maximum atomic E-state index is 11.6. The number of furan rings is 1. The van der Waals surface area contributed by atoms with Crippen molar-refractivity contribution in [1.82, 2.24) is 10.2 Å². The van der Waals surface area contributed by atoms with Crippen LogP contribution in [0, 0.1) is 0 Å². The highest BCUT2D eigenvalue weighted by Crippen LogP contribution is 2.09. The van der Waals surface area contributed by atoms with Gasteiger partial charge >= 0.3 is 0 Å². The number of quaternary nitrogens is 1. The van der Waals surface area contributed by atoms with Crippen LogP contribution in [-0.4, -0.2) is 62.2 Å². The molecular weight excluding hydrogens is 322 g/mol. The van der Waals surface area contributed by atoms with Gasteiger partial charge < -0.3 is 19.5 Å². The van der Waals surface area contributed by atoms with Crippen molar-refractivity contribution < 1.29 is 17.7 Å². The summed E-state index contributed by atoms with van der Waals surface area (Å²) in [6.07, 6.45) is 2.46. The molecule has 2 fully saturated rings. The molecule has 3 rings (SSSR count). The Balaban J connectivity index is 1.44. The van der Waals surface area contributed by atoms with Gasteiger partial charge in [0.2, 0.25) is 0 Å². The number of sulfone groups is 1. The first-order chi connectivity index (χ1) is 10.5. The fourth-order valence-corrected chi connectivity index (χ4v) is 5.29. The monoisotopic (exact) mass is 344 g/mol. The van der Waals surface area contributed by atoms with Crippen molar-refractivity contribution in [2.24, 2.45) is 0 Å². The number of nitrogens with zero attached hydrogens (tertiary/aromatic N) is 1. The summed E-state index contributed by atoms with van der Waals surface area (Å²) < 4.78 is 28.5. The Morgan fingerprint density at radius 2 is 2.23 bits per heavy atom. The van der Waals surface area contributed by atoms with Crippen LogP contribution in [0.5, 0.6) is 0 Å². The third-order valence-electron chi connectivity index (χ3n) is 4.50. The van der Waals surface area contributed by atoms with Crippen LogP contribution >= 0.6 is 12.2 Å². The maximum absolute atomic E-state index is 11.6. The molecule has 8 heteroatoms. The summed E-state index contributed by atoms with van der Waals surface area (Å²) in [7, 11) is -2.79. The van der Waals surface area contributed by atoms with Crippen molar-refractivity contribution in [3.63, 3.8) is 0 Å². The van der Waals surface area contributed by atoms with Crippen molar-refractivity contribution in [1.29, 1.82) is 0 Å². The number of thiocarbonyl (C=S) groups is 1. The molecule has 0 aliphatic carbocycles. The molecule has 2 aliphatic rings. The molecule has 122 valence electrons. The smallest absolute Gasteiger partial charge is 0.169 e. The highest BCUT2D eigenvalue weighted by molar-refractivity contribution is 7.91. The molecule has 2 N–H and O–H groups in total. The molecule has 0 bridgehead atoms. The quantitative estimate of drug-likeness (QED) is 0.689. The molecular formula is C14H22N3O3S2+. The normalized spacial score (nSPS) is 25.3. The van der Waals surface area contributed by atoms with Gasteiger partial charge in [0.1, 0.15) is 17.6 Å². The second-order valence-corrected chi connectivity index (χ2v) is 8.60. The molecule has 0 saturated carbocycles. The zero-order valence-corrected chi connectivity index (χ0v) is 14.1. The van der Waals surface area contributed by atoms with Gasteiger partial charge in [-0.1, -0.05) is 0 Å². The Labute approximate surface area is 136 Å². The molecule has 0 unspecified atom stereocenters. The first kappa shape index (κ1) is 15.8. The lowest BCUT2D eigenvalue weighted by molar-refractivity contribution is -0.925. The third kappa shape index (κ3) is 3.80. The minimum Gasteiger partial charge on any atom is -0.467 e. The average molecular weight is 344 g/mol. The van der Waals surface area contributed by atoms with Gasteiger partial charge in [-0.2, -0.15) is 0 Å². The van der Waals surface area contributed by atoms with Crippen LogP contribution in [0.2, 0.25) is 0 Å². The summed E-state index contributed by atoms with van der Waals surface area (Å²) in [5, 5.41) is 3.96. The van der Waals surface area contributed by atoms with Crippen molar-refractivity contribution in [2.75, 3.05) is 37.7 Å². The van der Waals surface area contributed by atoms with Crippen molar-refractivity contribution >= 4 is 27.2 Å². The van der Waals surface area contributed by atoms with E-state index in [1.807, 2.05) is 12.1 Å². The summed E-state index contributed by atoms with van der Waals surface area (Å²) >= 11 is 5.42. The minimum absolute atomic E-state index is 0.275. The van der Waals surface area contributed by atoms with E-state index >= 15 is 0 Å². The van der Waals surface area contributed by atoms with Crippen molar-refractivity contribution in [3.8, 4) is 0 Å². The van der Waals surface area contributed by atoms with E-state index in [2.05, 4.69) is 10.2 Å². The first-order valence-electron chi connectivity index (χ1n) is 7.64. The van der Waals surface area contributed by atoms with Crippen molar-refractivity contribution in [3.05, 3.63) is 24.2 Å². The van der Waals surface area contributed by atoms with Crippen LogP contribution in [0.15, 0.2) is 22.8 Å². The highest BCUT2D eigenvalue weighted by atomic mass is 32.2. The predicted octanol–water partition coefficient (Wildman–Crippen LogP) is -0.958. The van der Waals surface area contributed by atoms with Gasteiger partial charge in [0.25, 0.3) is 0 Å². The molecule has 0 radical (unpaired) electrons. The van der Waals surface area contributed by atoms with E-state index in [4.69, 9.17) is 16.6 Å². The van der Waals surface area contributed by atoms with E-state index in [-0.39, 0.29) is 6.04 Å². The number of hydrogen-bond donors (Lipinski definition) is 2. The Bertz CT molecular complexity index is 607. The Kier molecular flexibility index (Phi) is 4.70. The van der Waals surface area contributed by atoms with Crippen molar-refractivity contribution in [2.45, 2.75) is 19.0 Å². The number of nitrogens with one attached hydrogen (secondary N) is 2. The number of piperazine rings is 1. The van der Waals surface area contributed by atoms with Gasteiger partial charge in [-0.15, -0.1) is 0 Å². The third-order valence-corrected chi connectivity index (χ3v) is 6.67. The van der Waals surface area contributed by atoms with Crippen LogP contribution < -0.4 is 10.2 Å². The van der Waals surface area contributed by atoms with Crippen LogP contribution in [0.1, 0.15) is 12.2 Å². The zero-order valence-electron chi connectivity index (χ0n) is 12.5. The molecule has 1 aromatic rings. The van der Waals surface area contributed by atoms with Gasteiger partial charge in [0.05, 0.1) is 44.7 Å². The molecule has 3 heterocycles. The molecule has 0 spiro atoms. The molecule has 0 aromatic carbocycles. The van der Waals surface area contributed by atoms with E-state index in [0.717, 1.165) is 43.5 Å². The lowest BCUT2D eigenvalue weighted by atomic mass is 10.2. The van der Waals surface area contributed by atoms with Gasteiger partial charge in [-0.25, -0.2) is 8.42 Å². The zero-order chi connectivity index (χ0) is 15.6. The van der Waals surface area contributed by atoms with Gasteiger partial charge in [-0.3, -0.25) is 0 Å². The summed E-state index contributed by atoms with van der Waals surface area (Å²) in [6, 6.07) is 4.05. The standard InChI is InChI=1S/C14H21N3O3S2/c18-22(19)9-3-12(11-22)16-4-6-17(7-5-16)14(21)15-10-13-2-1-8-20-13/h1-2,8,12H,3-7,9-11H2,(H,15,21)/p+1/t12-/m0/s1. The summed E-state index contributed by atoms with van der Waals surface area (Å²) in [4.78, 5) is 3.57. The van der Waals surface area contributed by atoms with Crippen LogP contribution in [-0.2, 0) is 16.4 Å². The predicted molar refractivity (Wildman–Crippen MR) is 87.5 cm³/mol. The fraction of sp³-hybridized carbons (Fsp3) is 0.643. The fourth-order valence-electron chi connectivity index (χ4n) is 3.21. The van der Waals surface area contributed by atoms with Gasteiger partial charge in [-0.05, 0) is 24.4 Å².